The van der Waals surface area contributed by atoms with Crippen LogP contribution in [0, 0.1) is 6.92 Å². The van der Waals surface area contributed by atoms with Crippen LogP contribution in [-0.2, 0) is 33.0 Å². The third-order valence-corrected chi connectivity index (χ3v) is 7.41. The molecule has 0 atom stereocenters. The number of aromatic nitrogens is 2. The van der Waals surface area contributed by atoms with Gasteiger partial charge in [-0.15, -0.1) is 10.2 Å². The van der Waals surface area contributed by atoms with Crippen molar-refractivity contribution in [1.29, 1.82) is 0 Å². The van der Waals surface area contributed by atoms with Crippen molar-refractivity contribution in [2.45, 2.75) is 29.6 Å². The lowest BCUT2D eigenvalue weighted by atomic mass is 9.95. The van der Waals surface area contributed by atoms with Gasteiger partial charge in [-0.3, -0.25) is 4.79 Å². The van der Waals surface area contributed by atoms with Crippen molar-refractivity contribution < 1.29 is 36.2 Å². The van der Waals surface area contributed by atoms with Gasteiger partial charge in [0, 0.05) is 5.56 Å². The van der Waals surface area contributed by atoms with Crippen LogP contribution in [0.25, 0.3) is 11.1 Å². The molecule has 7 nitrogen and oxygen atoms in total. The quantitative estimate of drug-likeness (QED) is 0.535. The molecule has 1 aromatic heterocycles. The number of hydrogen-bond donors (Lipinski definition) is 1. The Morgan fingerprint density at radius 2 is 1.84 bits per heavy atom. The van der Waals surface area contributed by atoms with Gasteiger partial charge in [0.25, 0.3) is 0 Å². The number of aliphatic carboxylic acids is 1. The molecule has 0 saturated heterocycles. The Morgan fingerprint density at radius 1 is 1.12 bits per heavy atom. The molecule has 1 heterocycles. The van der Waals surface area contributed by atoms with Crippen molar-refractivity contribution in [3.8, 4) is 16.9 Å². The third kappa shape index (κ3) is 5.25. The molecule has 3 rings (SSSR count). The highest BCUT2D eigenvalue weighted by molar-refractivity contribution is 7.92. The molecule has 0 amide bonds. The number of methoxy groups -OCH3 is 1. The summed E-state index contributed by atoms with van der Waals surface area (Å²) < 4.78 is 70.7. The van der Waals surface area contributed by atoms with E-state index in [-0.39, 0.29) is 33.2 Å². The molecule has 1 N–H and O–H groups in total. The normalized spacial score (nSPS) is 12.0. The second-order valence-corrected chi connectivity index (χ2v) is 10.2. The number of sulfone groups is 1. The minimum Gasteiger partial charge on any atom is -0.496 e. The summed E-state index contributed by atoms with van der Waals surface area (Å²) in [5.41, 5.74) is -0.314. The van der Waals surface area contributed by atoms with E-state index in [0.29, 0.717) is 10.6 Å². The predicted molar refractivity (Wildman–Crippen MR) is 110 cm³/mol. The lowest BCUT2D eigenvalue weighted by Gasteiger charge is -2.16. The van der Waals surface area contributed by atoms with Gasteiger partial charge in [-0.25, -0.2) is 8.42 Å². The number of benzene rings is 2. The summed E-state index contributed by atoms with van der Waals surface area (Å²) in [6, 6.07) is 7.22. The van der Waals surface area contributed by atoms with Crippen LogP contribution in [-0.4, -0.2) is 36.8 Å². The fourth-order valence-corrected chi connectivity index (χ4v) is 5.47. The largest absolute Gasteiger partial charge is 0.496 e. The van der Waals surface area contributed by atoms with Crippen LogP contribution >= 0.6 is 11.3 Å². The summed E-state index contributed by atoms with van der Waals surface area (Å²) in [4.78, 5) is 11.1. The van der Waals surface area contributed by atoms with Crippen LogP contribution in [0.1, 0.15) is 21.7 Å². The highest BCUT2D eigenvalue weighted by atomic mass is 32.2. The Balaban J connectivity index is 2.19. The van der Waals surface area contributed by atoms with Gasteiger partial charge in [0.2, 0.25) is 14.2 Å². The molecule has 0 fully saturated rings. The zero-order valence-electron chi connectivity index (χ0n) is 16.8. The van der Waals surface area contributed by atoms with E-state index in [1.54, 1.807) is 6.92 Å². The first-order valence-electron chi connectivity index (χ1n) is 9.03. The number of nitrogens with zero attached hydrogens (tertiary/aromatic N) is 2. The smallest absolute Gasteiger partial charge is 0.416 e. The summed E-state index contributed by atoms with van der Waals surface area (Å²) in [6.07, 6.45) is -5.01. The topological polar surface area (TPSA) is 106 Å². The molecule has 0 aliphatic heterocycles. The Bertz CT molecular complexity index is 1270. The first kappa shape index (κ1) is 23.7. The highest BCUT2D eigenvalue weighted by Gasteiger charge is 2.32. The van der Waals surface area contributed by atoms with E-state index in [9.17, 15) is 26.4 Å². The number of carboxylic acid groups (broad SMARTS) is 1. The SMILES string of the molecule is COc1ccc(CC(=O)O)cc1-c1ccc(C(F)(F)F)cc1CS(=O)(=O)c1nnc(C)s1. The minimum absolute atomic E-state index is 0.126. The van der Waals surface area contributed by atoms with Gasteiger partial charge in [0.05, 0.1) is 24.8 Å². The van der Waals surface area contributed by atoms with E-state index < -0.39 is 33.3 Å². The van der Waals surface area contributed by atoms with E-state index in [1.807, 2.05) is 0 Å². The number of ether oxygens (including phenoxy) is 1. The van der Waals surface area contributed by atoms with Crippen LogP contribution in [0.4, 0.5) is 13.2 Å². The molecular formula is C20H17F3N2O5S2. The van der Waals surface area contributed by atoms with E-state index in [4.69, 9.17) is 9.84 Å². The zero-order chi connectivity index (χ0) is 23.7. The van der Waals surface area contributed by atoms with Crippen molar-refractivity contribution in [2.75, 3.05) is 7.11 Å². The zero-order valence-corrected chi connectivity index (χ0v) is 18.4. The summed E-state index contributed by atoms with van der Waals surface area (Å²) >= 11 is 0.820. The van der Waals surface area contributed by atoms with Crippen LogP contribution in [0.2, 0.25) is 0 Å². The van der Waals surface area contributed by atoms with Crippen LogP contribution < -0.4 is 4.74 Å². The Morgan fingerprint density at radius 3 is 2.41 bits per heavy atom. The second-order valence-electron chi connectivity index (χ2n) is 6.82. The van der Waals surface area contributed by atoms with E-state index in [0.717, 1.165) is 29.5 Å². The molecule has 0 radical (unpaired) electrons. The molecule has 0 bridgehead atoms. The lowest BCUT2D eigenvalue weighted by Crippen LogP contribution is -2.10. The Hall–Kier alpha value is -2.99. The maximum atomic E-state index is 13.4. The molecule has 0 aliphatic rings. The van der Waals surface area contributed by atoms with Crippen LogP contribution in [0.5, 0.6) is 5.75 Å². The van der Waals surface area contributed by atoms with Crippen LogP contribution in [0.15, 0.2) is 40.7 Å². The first-order valence-corrected chi connectivity index (χ1v) is 11.5. The minimum atomic E-state index is -4.69. The van der Waals surface area contributed by atoms with Crippen molar-refractivity contribution >= 4 is 27.1 Å². The fourth-order valence-electron chi connectivity index (χ4n) is 3.07. The number of carbonyl (C=O) groups is 1. The number of halogens is 3. The number of aryl methyl sites for hydroxylation is 1. The van der Waals surface area contributed by atoms with Gasteiger partial charge >= 0.3 is 12.1 Å². The standard InChI is InChI=1S/C20H17F3N2O5S2/c1-11-24-25-19(31-11)32(28,29)10-13-9-14(20(21,22)23)4-5-15(13)16-7-12(8-18(26)27)3-6-17(16)30-2/h3-7,9H,8,10H2,1-2H3,(H,26,27). The molecular weight excluding hydrogens is 469 g/mol. The third-order valence-electron chi connectivity index (χ3n) is 4.46. The number of alkyl halides is 3. The molecule has 3 aromatic rings. The average Bonchev–Trinajstić information content (AvgIpc) is 3.14. The summed E-state index contributed by atoms with van der Waals surface area (Å²) in [7, 11) is -2.74. The molecule has 0 aliphatic carbocycles. The Kier molecular flexibility index (Phi) is 6.56. The monoisotopic (exact) mass is 486 g/mol. The number of rotatable bonds is 7. The molecule has 32 heavy (non-hydrogen) atoms. The number of carboxylic acids is 1. The summed E-state index contributed by atoms with van der Waals surface area (Å²) in [6.45, 7) is 1.56. The second kappa shape index (κ2) is 8.87. The maximum absolute atomic E-state index is 13.4. The summed E-state index contributed by atoms with van der Waals surface area (Å²) in [5, 5.41) is 16.7. The highest BCUT2D eigenvalue weighted by Crippen LogP contribution is 2.38. The van der Waals surface area contributed by atoms with E-state index >= 15 is 0 Å². The molecule has 12 heteroatoms. The van der Waals surface area contributed by atoms with Crippen molar-refractivity contribution in [3.63, 3.8) is 0 Å². The number of hydrogen-bond acceptors (Lipinski definition) is 7. The van der Waals surface area contributed by atoms with E-state index in [2.05, 4.69) is 10.2 Å². The molecule has 0 spiro atoms. The van der Waals surface area contributed by atoms with Gasteiger partial charge < -0.3 is 9.84 Å². The molecule has 0 saturated carbocycles. The van der Waals surface area contributed by atoms with Gasteiger partial charge in [-0.2, -0.15) is 13.2 Å². The van der Waals surface area contributed by atoms with E-state index in [1.165, 1.54) is 25.3 Å². The van der Waals surface area contributed by atoms with Gasteiger partial charge in [0.1, 0.15) is 10.8 Å². The molecule has 0 unspecified atom stereocenters. The first-order chi connectivity index (χ1) is 14.9. The average molecular weight is 486 g/mol. The Labute approximate surface area is 185 Å². The van der Waals surface area contributed by atoms with Crippen molar-refractivity contribution in [1.82, 2.24) is 10.2 Å². The maximum Gasteiger partial charge on any atom is 0.416 e. The molecule has 170 valence electrons. The van der Waals surface area contributed by atoms with Crippen LogP contribution in [0.3, 0.4) is 0 Å². The van der Waals surface area contributed by atoms with Gasteiger partial charge in [-0.1, -0.05) is 23.5 Å². The van der Waals surface area contributed by atoms with Gasteiger partial charge in [0.15, 0.2) is 0 Å². The lowest BCUT2D eigenvalue weighted by molar-refractivity contribution is -0.138. The van der Waals surface area contributed by atoms with Crippen molar-refractivity contribution in [3.05, 3.63) is 58.1 Å². The van der Waals surface area contributed by atoms with Crippen molar-refractivity contribution in [2.24, 2.45) is 0 Å². The summed E-state index contributed by atoms with van der Waals surface area (Å²) in [5.74, 6) is -1.60. The van der Waals surface area contributed by atoms with Gasteiger partial charge in [-0.05, 0) is 47.9 Å². The molecule has 2 aromatic carbocycles. The predicted octanol–water partition coefficient (Wildman–Crippen LogP) is 4.14. The fraction of sp³-hybridized carbons (Fsp3) is 0.250.